The van der Waals surface area contributed by atoms with Crippen LogP contribution in [0, 0.1) is 0 Å². The van der Waals surface area contributed by atoms with E-state index in [0.717, 1.165) is 31.6 Å². The summed E-state index contributed by atoms with van der Waals surface area (Å²) in [5.74, 6) is 0. The molecule has 0 aliphatic rings. The summed E-state index contributed by atoms with van der Waals surface area (Å²) in [6, 6.07) is 0. The third-order valence-corrected chi connectivity index (χ3v) is 1.80. The zero-order valence-corrected chi connectivity index (χ0v) is 9.57. The van der Waals surface area contributed by atoms with Crippen molar-refractivity contribution in [3.05, 3.63) is 24.0 Å². The lowest BCUT2D eigenvalue weighted by Crippen LogP contribution is -2.27. The topological polar surface area (TPSA) is 58.4 Å². The van der Waals surface area contributed by atoms with Gasteiger partial charge >= 0.3 is 0 Å². The average molecular weight is 211 g/mol. The van der Waals surface area contributed by atoms with E-state index in [1.165, 1.54) is 0 Å². The number of rotatable bonds is 8. The summed E-state index contributed by atoms with van der Waals surface area (Å²) >= 11 is 0. The first-order valence-corrected chi connectivity index (χ1v) is 5.21. The molecule has 0 aromatic rings. The fourth-order valence-electron chi connectivity index (χ4n) is 0.997. The molecule has 86 valence electrons. The first kappa shape index (κ1) is 13.7. The maximum atomic E-state index is 10.6. The van der Waals surface area contributed by atoms with E-state index in [9.17, 15) is 4.79 Å². The highest BCUT2D eigenvalue weighted by Gasteiger charge is 1.93. The number of nitrogens with zero attached hydrogens (tertiary/aromatic N) is 1. The van der Waals surface area contributed by atoms with Crippen LogP contribution in [0.25, 0.3) is 0 Å². The third kappa shape index (κ3) is 9.02. The summed E-state index contributed by atoms with van der Waals surface area (Å²) in [6.45, 7) is 6.31. The van der Waals surface area contributed by atoms with Crippen molar-refractivity contribution in [2.75, 3.05) is 19.6 Å². The molecule has 0 fully saturated rings. The first-order chi connectivity index (χ1) is 7.20. The first-order valence-electron chi connectivity index (χ1n) is 5.21. The molecule has 1 amide bonds. The lowest BCUT2D eigenvalue weighted by molar-refractivity contribution is -0.115. The molecular formula is C11H21N3O. The number of hydrogen-bond acceptors (Lipinski definition) is 3. The highest BCUT2D eigenvalue weighted by molar-refractivity contribution is 5.48. The molecule has 0 aliphatic carbocycles. The number of allylic oxidation sites excluding steroid dienone is 3. The molecule has 0 rings (SSSR count). The van der Waals surface area contributed by atoms with Crippen molar-refractivity contribution in [3.8, 4) is 0 Å². The van der Waals surface area contributed by atoms with Gasteiger partial charge in [-0.1, -0.05) is 19.1 Å². The SMILES string of the molecule is CCNCCN(C=O)/C=C/C/C=C(/C)N. The Morgan fingerprint density at radius 2 is 2.27 bits per heavy atom. The van der Waals surface area contributed by atoms with E-state index in [-0.39, 0.29) is 0 Å². The molecular weight excluding hydrogens is 190 g/mol. The molecule has 4 heteroatoms. The van der Waals surface area contributed by atoms with E-state index in [1.54, 1.807) is 11.1 Å². The molecule has 0 aliphatic heterocycles. The predicted octanol–water partition coefficient (Wildman–Crippen LogP) is 0.821. The number of amides is 1. The lowest BCUT2D eigenvalue weighted by atomic mass is 10.3. The molecule has 0 unspecified atom stereocenters. The Hall–Kier alpha value is -1.29. The van der Waals surface area contributed by atoms with Crippen molar-refractivity contribution >= 4 is 6.41 Å². The Labute approximate surface area is 91.8 Å². The molecule has 0 aromatic heterocycles. The van der Waals surface area contributed by atoms with Crippen LogP contribution in [0.5, 0.6) is 0 Å². The van der Waals surface area contributed by atoms with E-state index in [4.69, 9.17) is 5.73 Å². The second kappa shape index (κ2) is 9.27. The zero-order valence-electron chi connectivity index (χ0n) is 9.57. The number of nitrogens with two attached hydrogens (primary N) is 1. The van der Waals surface area contributed by atoms with Crippen molar-refractivity contribution in [2.45, 2.75) is 20.3 Å². The van der Waals surface area contributed by atoms with Crippen LogP contribution in [0.4, 0.5) is 0 Å². The Morgan fingerprint density at radius 3 is 2.80 bits per heavy atom. The van der Waals surface area contributed by atoms with Gasteiger partial charge in [0.2, 0.25) is 6.41 Å². The minimum absolute atomic E-state index is 0.694. The standard InChI is InChI=1S/C11H21N3O/c1-3-13-7-9-14(10-15)8-5-4-6-11(2)12/h5-6,8,10,13H,3-4,7,9,12H2,1-2H3/b8-5+,11-6-. The summed E-state index contributed by atoms with van der Waals surface area (Å²) in [5.41, 5.74) is 6.27. The maximum Gasteiger partial charge on any atom is 0.213 e. The third-order valence-electron chi connectivity index (χ3n) is 1.80. The van der Waals surface area contributed by atoms with E-state index in [0.29, 0.717) is 6.54 Å². The summed E-state index contributed by atoms with van der Waals surface area (Å²) < 4.78 is 0. The Bertz CT molecular complexity index is 220. The zero-order chi connectivity index (χ0) is 11.5. The molecule has 0 saturated carbocycles. The number of likely N-dealkylation sites (N-methyl/N-ethyl adjacent to an activating group) is 1. The van der Waals surface area contributed by atoms with Crippen molar-refractivity contribution in [2.24, 2.45) is 5.73 Å². The van der Waals surface area contributed by atoms with Crippen molar-refractivity contribution in [1.82, 2.24) is 10.2 Å². The van der Waals surface area contributed by atoms with Crippen LogP contribution in [0.2, 0.25) is 0 Å². The Kier molecular flexibility index (Phi) is 8.47. The normalized spacial score (nSPS) is 12.0. The van der Waals surface area contributed by atoms with Gasteiger partial charge in [0.15, 0.2) is 0 Å². The van der Waals surface area contributed by atoms with Gasteiger partial charge in [-0.2, -0.15) is 0 Å². The second-order valence-electron chi connectivity index (χ2n) is 3.27. The number of carbonyl (C=O) groups is 1. The molecule has 0 radical (unpaired) electrons. The van der Waals surface area contributed by atoms with E-state index in [1.807, 2.05) is 26.0 Å². The fraction of sp³-hybridized carbons (Fsp3) is 0.545. The van der Waals surface area contributed by atoms with Crippen molar-refractivity contribution < 1.29 is 4.79 Å². The van der Waals surface area contributed by atoms with Gasteiger partial charge < -0.3 is 16.0 Å². The van der Waals surface area contributed by atoms with Gasteiger partial charge in [0.05, 0.1) is 0 Å². The average Bonchev–Trinajstić information content (AvgIpc) is 2.21. The maximum absolute atomic E-state index is 10.6. The van der Waals surface area contributed by atoms with Gasteiger partial charge in [0, 0.05) is 25.0 Å². The molecule has 0 spiro atoms. The van der Waals surface area contributed by atoms with Gasteiger partial charge in [-0.3, -0.25) is 4.79 Å². The van der Waals surface area contributed by atoms with Gasteiger partial charge in [-0.15, -0.1) is 0 Å². The van der Waals surface area contributed by atoms with Crippen LogP contribution in [0.3, 0.4) is 0 Å². The molecule has 4 nitrogen and oxygen atoms in total. The van der Waals surface area contributed by atoms with E-state index >= 15 is 0 Å². The summed E-state index contributed by atoms with van der Waals surface area (Å²) in [4.78, 5) is 12.2. The van der Waals surface area contributed by atoms with Gasteiger partial charge in [-0.25, -0.2) is 0 Å². The minimum Gasteiger partial charge on any atom is -0.403 e. The van der Waals surface area contributed by atoms with E-state index in [2.05, 4.69) is 5.32 Å². The monoisotopic (exact) mass is 211 g/mol. The largest absolute Gasteiger partial charge is 0.403 e. The molecule has 15 heavy (non-hydrogen) atoms. The molecule has 0 atom stereocenters. The number of carbonyl (C=O) groups excluding carboxylic acids is 1. The van der Waals surface area contributed by atoms with Crippen LogP contribution >= 0.6 is 0 Å². The molecule has 0 heterocycles. The molecule has 0 saturated heterocycles. The van der Waals surface area contributed by atoms with Crippen LogP contribution in [-0.4, -0.2) is 30.9 Å². The second-order valence-corrected chi connectivity index (χ2v) is 3.27. The fourth-order valence-corrected chi connectivity index (χ4v) is 0.997. The molecule has 0 bridgehead atoms. The Balaban J connectivity index is 3.77. The minimum atomic E-state index is 0.694. The van der Waals surface area contributed by atoms with Gasteiger partial charge in [0.25, 0.3) is 0 Å². The highest BCUT2D eigenvalue weighted by Crippen LogP contribution is 1.91. The van der Waals surface area contributed by atoms with Crippen LogP contribution in [-0.2, 0) is 4.79 Å². The highest BCUT2D eigenvalue weighted by atomic mass is 16.1. The summed E-state index contributed by atoms with van der Waals surface area (Å²) in [5, 5.41) is 3.16. The quantitative estimate of drug-likeness (QED) is 0.461. The van der Waals surface area contributed by atoms with Crippen LogP contribution in [0.1, 0.15) is 20.3 Å². The lowest BCUT2D eigenvalue weighted by Gasteiger charge is -2.11. The van der Waals surface area contributed by atoms with E-state index < -0.39 is 0 Å². The number of hydrogen-bond donors (Lipinski definition) is 2. The molecule has 3 N–H and O–H groups in total. The van der Waals surface area contributed by atoms with Gasteiger partial charge in [-0.05, 0) is 19.9 Å². The van der Waals surface area contributed by atoms with Crippen molar-refractivity contribution in [3.63, 3.8) is 0 Å². The van der Waals surface area contributed by atoms with Crippen molar-refractivity contribution in [1.29, 1.82) is 0 Å². The molecule has 0 aromatic carbocycles. The summed E-state index contributed by atoms with van der Waals surface area (Å²) in [6.07, 6.45) is 7.19. The number of nitrogens with one attached hydrogen (secondary N) is 1. The van der Waals surface area contributed by atoms with Gasteiger partial charge in [0.1, 0.15) is 0 Å². The predicted molar refractivity (Wildman–Crippen MR) is 63.0 cm³/mol. The van der Waals surface area contributed by atoms with Crippen LogP contribution in [0.15, 0.2) is 24.0 Å². The Morgan fingerprint density at radius 1 is 1.53 bits per heavy atom. The summed E-state index contributed by atoms with van der Waals surface area (Å²) in [7, 11) is 0. The van der Waals surface area contributed by atoms with Crippen LogP contribution < -0.4 is 11.1 Å². The smallest absolute Gasteiger partial charge is 0.213 e.